The first-order valence-electron chi connectivity index (χ1n) is 8.27. The summed E-state index contributed by atoms with van der Waals surface area (Å²) in [5.74, 6) is -0.519. The lowest BCUT2D eigenvalue weighted by Gasteiger charge is -2.21. The molecule has 2 rings (SSSR count). The van der Waals surface area contributed by atoms with Crippen molar-refractivity contribution in [3.63, 3.8) is 0 Å². The lowest BCUT2D eigenvalue weighted by Crippen LogP contribution is -2.34. The van der Waals surface area contributed by atoms with Crippen LogP contribution in [0.5, 0.6) is 11.5 Å². The molecule has 0 bridgehead atoms. The summed E-state index contributed by atoms with van der Waals surface area (Å²) >= 11 is 0. The van der Waals surface area contributed by atoms with Gasteiger partial charge in [0.2, 0.25) is 6.10 Å². The summed E-state index contributed by atoms with van der Waals surface area (Å²) < 4.78 is 40.1. The molecule has 0 heterocycles. The molecule has 0 radical (unpaired) electrons. The molecule has 2 atom stereocenters. The van der Waals surface area contributed by atoms with Crippen molar-refractivity contribution in [3.8, 4) is 17.6 Å². The third-order valence-electron chi connectivity index (χ3n) is 3.58. The highest BCUT2D eigenvalue weighted by molar-refractivity contribution is 5.75. The fourth-order valence-corrected chi connectivity index (χ4v) is 2.31. The standard InChI is InChI=1S/C20H19F2NO4/c1-13(2)18(27-20(21)22)19(24)26-17(12-23)14-7-6-10-16(11-14)25-15-8-4-3-5-9-15/h3-11,13,17-18,20H,1-2H3. The Morgan fingerprint density at radius 3 is 2.30 bits per heavy atom. The molecule has 0 saturated carbocycles. The zero-order valence-electron chi connectivity index (χ0n) is 14.8. The SMILES string of the molecule is CC(C)C(OC(F)F)C(=O)OC(C#N)c1cccc(Oc2ccccc2)c1. The van der Waals surface area contributed by atoms with Gasteiger partial charge in [0.15, 0.2) is 6.10 Å². The average Bonchev–Trinajstić information content (AvgIpc) is 2.64. The van der Waals surface area contributed by atoms with Crippen LogP contribution in [0.25, 0.3) is 0 Å². The predicted octanol–water partition coefficient (Wildman–Crippen LogP) is 4.85. The van der Waals surface area contributed by atoms with E-state index >= 15 is 0 Å². The summed E-state index contributed by atoms with van der Waals surface area (Å²) in [6.07, 6.45) is -2.75. The highest BCUT2D eigenvalue weighted by Crippen LogP contribution is 2.27. The Morgan fingerprint density at radius 1 is 1.04 bits per heavy atom. The highest BCUT2D eigenvalue weighted by atomic mass is 19.3. The maximum Gasteiger partial charge on any atom is 0.346 e. The molecule has 2 unspecified atom stereocenters. The number of ether oxygens (including phenoxy) is 3. The predicted molar refractivity (Wildman–Crippen MR) is 93.1 cm³/mol. The van der Waals surface area contributed by atoms with Crippen molar-refractivity contribution < 1.29 is 27.8 Å². The summed E-state index contributed by atoms with van der Waals surface area (Å²) in [5.41, 5.74) is 0.360. The van der Waals surface area contributed by atoms with E-state index in [2.05, 4.69) is 4.74 Å². The molecule has 27 heavy (non-hydrogen) atoms. The molecule has 7 heteroatoms. The first-order chi connectivity index (χ1) is 12.9. The molecule has 0 saturated heterocycles. The largest absolute Gasteiger partial charge is 0.457 e. The Bertz CT molecular complexity index is 790. The van der Waals surface area contributed by atoms with Crippen LogP contribution in [0.4, 0.5) is 8.78 Å². The molecule has 5 nitrogen and oxygen atoms in total. The van der Waals surface area contributed by atoms with Crippen LogP contribution < -0.4 is 4.74 Å². The van der Waals surface area contributed by atoms with Crippen LogP contribution in [-0.4, -0.2) is 18.7 Å². The van der Waals surface area contributed by atoms with Gasteiger partial charge in [0.05, 0.1) is 0 Å². The summed E-state index contributed by atoms with van der Waals surface area (Å²) in [6, 6.07) is 17.3. The van der Waals surface area contributed by atoms with E-state index in [1.165, 1.54) is 0 Å². The van der Waals surface area contributed by atoms with Crippen LogP contribution in [0.15, 0.2) is 54.6 Å². The quantitative estimate of drug-likeness (QED) is 0.617. The summed E-state index contributed by atoms with van der Waals surface area (Å²) in [6.45, 7) is -0.0262. The molecule has 2 aromatic rings. The number of rotatable bonds is 8. The van der Waals surface area contributed by atoms with Crippen molar-refractivity contribution in [2.75, 3.05) is 0 Å². The van der Waals surface area contributed by atoms with Gasteiger partial charge in [-0.15, -0.1) is 0 Å². The molecule has 0 aliphatic carbocycles. The molecule has 0 aliphatic heterocycles. The van der Waals surface area contributed by atoms with Crippen LogP contribution in [0.1, 0.15) is 25.5 Å². The van der Waals surface area contributed by atoms with Crippen LogP contribution in [-0.2, 0) is 14.3 Å². The van der Waals surface area contributed by atoms with Gasteiger partial charge in [-0.05, 0) is 30.2 Å². The van der Waals surface area contributed by atoms with Crippen molar-refractivity contribution in [2.24, 2.45) is 5.92 Å². The third kappa shape index (κ3) is 6.04. The number of hydrogen-bond donors (Lipinski definition) is 0. The number of carbonyl (C=O) groups is 1. The molecular formula is C20H19F2NO4. The van der Waals surface area contributed by atoms with E-state index < -0.39 is 30.7 Å². The fraction of sp³-hybridized carbons (Fsp3) is 0.300. The number of carbonyl (C=O) groups excluding carboxylic acids is 1. The number of alkyl halides is 2. The number of esters is 1. The lowest BCUT2D eigenvalue weighted by molar-refractivity contribution is -0.200. The summed E-state index contributed by atoms with van der Waals surface area (Å²) in [5, 5.41) is 9.35. The molecule has 2 aromatic carbocycles. The Labute approximate surface area is 156 Å². The van der Waals surface area contributed by atoms with Crippen LogP contribution in [0.3, 0.4) is 0 Å². The normalized spacial score (nSPS) is 13.1. The lowest BCUT2D eigenvalue weighted by atomic mass is 10.1. The van der Waals surface area contributed by atoms with Gasteiger partial charge < -0.3 is 14.2 Å². The van der Waals surface area contributed by atoms with Crippen molar-refractivity contribution in [2.45, 2.75) is 32.7 Å². The Kier molecular flexibility index (Phi) is 7.26. The second-order valence-electron chi connectivity index (χ2n) is 5.99. The minimum Gasteiger partial charge on any atom is -0.457 e. The third-order valence-corrected chi connectivity index (χ3v) is 3.58. The number of halogens is 2. The van der Waals surface area contributed by atoms with Crippen molar-refractivity contribution >= 4 is 5.97 Å². The topological polar surface area (TPSA) is 68.5 Å². The molecular weight excluding hydrogens is 356 g/mol. The van der Waals surface area contributed by atoms with E-state index in [0.717, 1.165) is 0 Å². The van der Waals surface area contributed by atoms with Gasteiger partial charge in [0.25, 0.3) is 0 Å². The van der Waals surface area contributed by atoms with E-state index in [1.807, 2.05) is 24.3 Å². The molecule has 0 fully saturated rings. The average molecular weight is 375 g/mol. The zero-order chi connectivity index (χ0) is 19.8. The maximum absolute atomic E-state index is 12.5. The first kappa shape index (κ1) is 20.3. The molecule has 0 spiro atoms. The smallest absolute Gasteiger partial charge is 0.346 e. The highest BCUT2D eigenvalue weighted by Gasteiger charge is 2.30. The summed E-state index contributed by atoms with van der Waals surface area (Å²) in [7, 11) is 0. The Balaban J connectivity index is 2.14. The Hall–Kier alpha value is -2.98. The minimum atomic E-state index is -3.12. The van der Waals surface area contributed by atoms with Crippen molar-refractivity contribution in [3.05, 3.63) is 60.2 Å². The second kappa shape index (κ2) is 9.64. The van der Waals surface area contributed by atoms with Gasteiger partial charge >= 0.3 is 12.6 Å². The minimum absolute atomic E-state index is 0.360. The van der Waals surface area contributed by atoms with Gasteiger partial charge in [0, 0.05) is 5.56 Å². The van der Waals surface area contributed by atoms with E-state index in [-0.39, 0.29) is 0 Å². The fourth-order valence-electron chi connectivity index (χ4n) is 2.31. The van der Waals surface area contributed by atoms with Crippen molar-refractivity contribution in [1.29, 1.82) is 5.26 Å². The molecule has 0 aromatic heterocycles. The van der Waals surface area contributed by atoms with E-state index in [9.17, 15) is 18.8 Å². The number of para-hydroxylation sites is 1. The van der Waals surface area contributed by atoms with Crippen LogP contribution in [0, 0.1) is 17.2 Å². The second-order valence-corrected chi connectivity index (χ2v) is 5.99. The van der Waals surface area contributed by atoms with Gasteiger partial charge in [-0.3, -0.25) is 0 Å². The van der Waals surface area contributed by atoms with E-state index in [0.29, 0.717) is 17.1 Å². The van der Waals surface area contributed by atoms with Gasteiger partial charge in [-0.25, -0.2) is 4.79 Å². The molecule has 0 amide bonds. The molecule has 0 aliphatic rings. The number of nitrogens with zero attached hydrogens (tertiary/aromatic N) is 1. The molecule has 0 N–H and O–H groups in total. The van der Waals surface area contributed by atoms with E-state index in [1.54, 1.807) is 50.2 Å². The van der Waals surface area contributed by atoms with Crippen LogP contribution >= 0.6 is 0 Å². The monoisotopic (exact) mass is 375 g/mol. The van der Waals surface area contributed by atoms with Crippen molar-refractivity contribution in [1.82, 2.24) is 0 Å². The zero-order valence-corrected chi connectivity index (χ0v) is 14.8. The van der Waals surface area contributed by atoms with Crippen LogP contribution in [0.2, 0.25) is 0 Å². The first-order valence-corrected chi connectivity index (χ1v) is 8.27. The number of nitriles is 1. The van der Waals surface area contributed by atoms with E-state index in [4.69, 9.17) is 9.47 Å². The van der Waals surface area contributed by atoms with Gasteiger partial charge in [-0.1, -0.05) is 44.2 Å². The van der Waals surface area contributed by atoms with Gasteiger partial charge in [-0.2, -0.15) is 14.0 Å². The number of hydrogen-bond acceptors (Lipinski definition) is 5. The Morgan fingerprint density at radius 2 is 1.70 bits per heavy atom. The maximum atomic E-state index is 12.5. The van der Waals surface area contributed by atoms with Gasteiger partial charge in [0.1, 0.15) is 17.6 Å². The summed E-state index contributed by atoms with van der Waals surface area (Å²) in [4.78, 5) is 12.2. The molecule has 142 valence electrons. The number of benzene rings is 2.